The van der Waals surface area contributed by atoms with E-state index in [2.05, 4.69) is 48.1 Å². The molecule has 0 unspecified atom stereocenters. The van der Waals surface area contributed by atoms with E-state index in [-0.39, 0.29) is 17.3 Å². The first-order valence-electron chi connectivity index (χ1n) is 9.83. The van der Waals surface area contributed by atoms with E-state index in [1.807, 2.05) is 0 Å². The number of carbonyl (C=O) groups excluding carboxylic acids is 1. The zero-order valence-corrected chi connectivity index (χ0v) is 17.7. The number of nitrogens with one attached hydrogen (secondary N) is 2. The molecule has 3 aromatic heterocycles. The van der Waals surface area contributed by atoms with Gasteiger partial charge in [-0.3, -0.25) is 4.79 Å². The van der Waals surface area contributed by atoms with Crippen molar-refractivity contribution in [3.63, 3.8) is 0 Å². The van der Waals surface area contributed by atoms with Gasteiger partial charge in [0, 0.05) is 11.3 Å². The molecule has 0 fully saturated rings. The Balaban J connectivity index is 1.63. The summed E-state index contributed by atoms with van der Waals surface area (Å²) < 4.78 is 7.55. The van der Waals surface area contributed by atoms with Crippen molar-refractivity contribution in [1.29, 1.82) is 0 Å². The minimum Gasteiger partial charge on any atom is -0.370 e. The van der Waals surface area contributed by atoms with Crippen LogP contribution in [0, 0.1) is 0 Å². The van der Waals surface area contributed by atoms with Gasteiger partial charge in [-0.1, -0.05) is 0 Å². The molecular weight excluding hydrogens is 376 g/mol. The molecule has 150 valence electrons. The minimum absolute atomic E-state index is 0.190. The van der Waals surface area contributed by atoms with Crippen LogP contribution in [-0.4, -0.2) is 57.3 Å². The van der Waals surface area contributed by atoms with Crippen molar-refractivity contribution in [2.75, 3.05) is 26.2 Å². The van der Waals surface area contributed by atoms with Crippen molar-refractivity contribution < 1.29 is 14.4 Å². The number of carbonyl (C=O) groups is 1. The second-order valence-electron chi connectivity index (χ2n) is 7.82. The molecule has 1 aliphatic rings. The number of fused-ring (bicyclic) bond motifs is 5. The van der Waals surface area contributed by atoms with Crippen LogP contribution >= 0.6 is 11.3 Å². The Morgan fingerprint density at radius 3 is 2.93 bits per heavy atom. The summed E-state index contributed by atoms with van der Waals surface area (Å²) in [4.78, 5) is 25.2. The van der Waals surface area contributed by atoms with Crippen LogP contribution in [0.15, 0.2) is 6.33 Å². The highest BCUT2D eigenvalue weighted by molar-refractivity contribution is 7.19. The van der Waals surface area contributed by atoms with Crippen LogP contribution in [0.5, 0.6) is 0 Å². The van der Waals surface area contributed by atoms with E-state index in [0.29, 0.717) is 18.8 Å². The molecule has 1 amide bonds. The molecule has 4 rings (SSSR count). The van der Waals surface area contributed by atoms with Gasteiger partial charge in [0.05, 0.1) is 43.8 Å². The highest BCUT2D eigenvalue weighted by atomic mass is 32.1. The van der Waals surface area contributed by atoms with Crippen molar-refractivity contribution >= 4 is 33.1 Å². The summed E-state index contributed by atoms with van der Waals surface area (Å²) >= 11 is 1.63. The summed E-state index contributed by atoms with van der Waals surface area (Å²) in [6.45, 7) is 12.7. The monoisotopic (exact) mass is 403 g/mol. The fourth-order valence-corrected chi connectivity index (χ4v) is 4.74. The van der Waals surface area contributed by atoms with Crippen molar-refractivity contribution in [3.05, 3.63) is 22.6 Å². The SMILES string of the molecule is CC[NH+](CC)CCNC(=O)c1nc2c3c4c(sc3ncn2n1)COC(C)(C)C4. The van der Waals surface area contributed by atoms with Gasteiger partial charge in [0.25, 0.3) is 5.91 Å². The topological polar surface area (TPSA) is 85.9 Å². The van der Waals surface area contributed by atoms with Crippen molar-refractivity contribution in [1.82, 2.24) is 24.9 Å². The van der Waals surface area contributed by atoms with Gasteiger partial charge >= 0.3 is 0 Å². The minimum atomic E-state index is -0.240. The number of quaternary nitrogens is 1. The molecular formula is C19H27N6O2S+. The van der Waals surface area contributed by atoms with Crippen LogP contribution in [0.1, 0.15) is 48.8 Å². The lowest BCUT2D eigenvalue weighted by Crippen LogP contribution is -3.12. The summed E-state index contributed by atoms with van der Waals surface area (Å²) in [6, 6.07) is 0. The van der Waals surface area contributed by atoms with Crippen LogP contribution < -0.4 is 10.2 Å². The van der Waals surface area contributed by atoms with Gasteiger partial charge in [0.1, 0.15) is 11.2 Å². The Hall–Kier alpha value is -2.10. The second kappa shape index (κ2) is 7.38. The quantitative estimate of drug-likeness (QED) is 0.637. The summed E-state index contributed by atoms with van der Waals surface area (Å²) in [5, 5.41) is 8.30. The predicted molar refractivity (Wildman–Crippen MR) is 108 cm³/mol. The van der Waals surface area contributed by atoms with Gasteiger partial charge < -0.3 is 15.0 Å². The van der Waals surface area contributed by atoms with E-state index in [1.165, 1.54) is 15.3 Å². The van der Waals surface area contributed by atoms with Gasteiger partial charge in [0.15, 0.2) is 5.65 Å². The van der Waals surface area contributed by atoms with Crippen molar-refractivity contribution in [2.24, 2.45) is 0 Å². The maximum Gasteiger partial charge on any atom is 0.291 e. The number of hydrogen-bond acceptors (Lipinski definition) is 6. The molecule has 0 atom stereocenters. The maximum absolute atomic E-state index is 12.5. The molecule has 0 bridgehead atoms. The Morgan fingerprint density at radius 1 is 1.39 bits per heavy atom. The zero-order chi connectivity index (χ0) is 19.9. The van der Waals surface area contributed by atoms with E-state index in [4.69, 9.17) is 4.74 Å². The van der Waals surface area contributed by atoms with Gasteiger partial charge in [-0.15, -0.1) is 16.4 Å². The van der Waals surface area contributed by atoms with Gasteiger partial charge in [-0.05, 0) is 33.3 Å². The van der Waals surface area contributed by atoms with Crippen LogP contribution in [0.25, 0.3) is 15.9 Å². The first-order valence-corrected chi connectivity index (χ1v) is 10.6. The van der Waals surface area contributed by atoms with E-state index in [1.54, 1.807) is 22.2 Å². The number of ether oxygens (including phenoxy) is 1. The first-order chi connectivity index (χ1) is 13.4. The molecule has 2 N–H and O–H groups in total. The van der Waals surface area contributed by atoms with Gasteiger partial charge in [-0.25, -0.2) is 14.5 Å². The number of amides is 1. The number of nitrogens with zero attached hydrogens (tertiary/aromatic N) is 4. The third-order valence-corrected chi connectivity index (χ3v) is 6.49. The summed E-state index contributed by atoms with van der Waals surface area (Å²) in [7, 11) is 0. The molecule has 0 radical (unpaired) electrons. The third-order valence-electron chi connectivity index (χ3n) is 5.38. The Bertz CT molecular complexity index is 1020. The van der Waals surface area contributed by atoms with Gasteiger partial charge in [-0.2, -0.15) is 0 Å². The average molecular weight is 404 g/mol. The number of thiophene rings is 1. The molecule has 4 heterocycles. The van der Waals surface area contributed by atoms with E-state index in [9.17, 15) is 4.79 Å². The lowest BCUT2D eigenvalue weighted by atomic mass is 9.94. The Labute approximate surface area is 167 Å². The van der Waals surface area contributed by atoms with Gasteiger partial charge in [0.2, 0.25) is 5.82 Å². The number of rotatable bonds is 6. The lowest BCUT2D eigenvalue weighted by Gasteiger charge is -2.30. The molecule has 0 aromatic carbocycles. The smallest absolute Gasteiger partial charge is 0.291 e. The van der Waals surface area contributed by atoms with Crippen LogP contribution in [-0.2, 0) is 17.8 Å². The summed E-state index contributed by atoms with van der Waals surface area (Å²) in [5.74, 6) is -0.0497. The second-order valence-corrected chi connectivity index (χ2v) is 8.90. The summed E-state index contributed by atoms with van der Waals surface area (Å²) in [5.41, 5.74) is 1.69. The molecule has 0 saturated carbocycles. The number of likely N-dealkylation sites (N-methyl/N-ethyl adjacent to an activating group) is 1. The Kier molecular flexibility index (Phi) is 5.07. The van der Waals surface area contributed by atoms with E-state index < -0.39 is 0 Å². The highest BCUT2D eigenvalue weighted by Crippen LogP contribution is 2.39. The fourth-order valence-electron chi connectivity index (χ4n) is 3.67. The molecule has 1 aliphatic heterocycles. The first kappa shape index (κ1) is 19.2. The molecule has 9 heteroatoms. The fraction of sp³-hybridized carbons (Fsp3) is 0.579. The standard InChI is InChI=1S/C19H26N6O2S/c1-5-24(6-2)8-7-20-17(26)15-22-16-14-12-9-19(3,4)27-10-13(12)28-18(14)21-11-25(16)23-15/h11H,5-10H2,1-4H3,(H,20,26)/p+1. The normalized spacial score (nSPS) is 16.0. The lowest BCUT2D eigenvalue weighted by molar-refractivity contribution is -0.895. The van der Waals surface area contributed by atoms with E-state index >= 15 is 0 Å². The van der Waals surface area contributed by atoms with Crippen LogP contribution in [0.3, 0.4) is 0 Å². The maximum atomic E-state index is 12.5. The molecule has 0 spiro atoms. The number of aromatic nitrogens is 4. The highest BCUT2D eigenvalue weighted by Gasteiger charge is 2.31. The molecule has 8 nitrogen and oxygen atoms in total. The largest absolute Gasteiger partial charge is 0.370 e. The third kappa shape index (κ3) is 3.49. The average Bonchev–Trinajstić information content (AvgIpc) is 3.25. The molecule has 3 aromatic rings. The van der Waals surface area contributed by atoms with Crippen LogP contribution in [0.2, 0.25) is 0 Å². The zero-order valence-electron chi connectivity index (χ0n) is 16.8. The Morgan fingerprint density at radius 2 is 2.18 bits per heavy atom. The number of hydrogen-bond donors (Lipinski definition) is 2. The molecule has 28 heavy (non-hydrogen) atoms. The van der Waals surface area contributed by atoms with Crippen LogP contribution in [0.4, 0.5) is 0 Å². The van der Waals surface area contributed by atoms with E-state index in [0.717, 1.165) is 36.3 Å². The predicted octanol–water partition coefficient (Wildman–Crippen LogP) is 0.845. The molecule has 0 saturated heterocycles. The van der Waals surface area contributed by atoms with Crippen molar-refractivity contribution in [2.45, 2.75) is 46.3 Å². The molecule has 0 aliphatic carbocycles. The summed E-state index contributed by atoms with van der Waals surface area (Å²) in [6.07, 6.45) is 2.43. The van der Waals surface area contributed by atoms with Crippen molar-refractivity contribution in [3.8, 4) is 0 Å².